The summed E-state index contributed by atoms with van der Waals surface area (Å²) in [6, 6.07) is 0. The van der Waals surface area contributed by atoms with Crippen molar-refractivity contribution >= 4 is 0 Å². The Bertz CT molecular complexity index is 184. The third-order valence-corrected chi connectivity index (χ3v) is 5.14. The Morgan fingerprint density at radius 1 is 1.15 bits per heavy atom. The molecule has 6 heteroatoms. The molecule has 1 saturated carbocycles. The van der Waals surface area contributed by atoms with Gasteiger partial charge < -0.3 is 0 Å². The van der Waals surface area contributed by atoms with E-state index in [4.69, 9.17) is 0 Å². The summed E-state index contributed by atoms with van der Waals surface area (Å²) < 4.78 is 59.9. The second-order valence-electron chi connectivity index (χ2n) is 3.08. The van der Waals surface area contributed by atoms with Crippen molar-refractivity contribution in [1.82, 2.24) is 0 Å². The van der Waals surface area contributed by atoms with E-state index in [9.17, 15) is 22.0 Å². The summed E-state index contributed by atoms with van der Waals surface area (Å²) in [5, 5.41) is 0. The van der Waals surface area contributed by atoms with Crippen molar-refractivity contribution in [3.05, 3.63) is 0 Å². The van der Waals surface area contributed by atoms with Gasteiger partial charge in [-0.05, 0) is 0 Å². The standard InChI is InChI=1S/C7H9F5I/c1-13-5(4-2-3-4)6(8,9)7(10,11)12/h4-5H,2-3H2,1H3/q-1. The van der Waals surface area contributed by atoms with Crippen molar-refractivity contribution in [2.75, 3.05) is 4.93 Å². The first-order valence-electron chi connectivity index (χ1n) is 3.73. The molecule has 1 atom stereocenters. The zero-order valence-corrected chi connectivity index (χ0v) is 8.99. The number of rotatable bonds is 3. The van der Waals surface area contributed by atoms with Crippen LogP contribution in [0.3, 0.4) is 0 Å². The molecule has 0 saturated heterocycles. The summed E-state index contributed by atoms with van der Waals surface area (Å²) >= 11 is -1.06. The Hall–Kier alpha value is 0.380. The zero-order chi connectivity index (χ0) is 10.3. The van der Waals surface area contributed by atoms with Crippen molar-refractivity contribution in [1.29, 1.82) is 0 Å². The van der Waals surface area contributed by atoms with Crippen LogP contribution in [0.5, 0.6) is 0 Å². The SMILES string of the molecule is C[I-]C(C1CC1)C(F)(F)C(F)(F)F. The van der Waals surface area contributed by atoms with E-state index in [0.29, 0.717) is 12.8 Å². The van der Waals surface area contributed by atoms with Gasteiger partial charge in [-0.3, -0.25) is 0 Å². The minimum absolute atomic E-state index is 0.380. The topological polar surface area (TPSA) is 0 Å². The van der Waals surface area contributed by atoms with E-state index in [0.717, 1.165) is 0 Å². The number of halogens is 6. The van der Waals surface area contributed by atoms with Crippen molar-refractivity contribution in [2.45, 2.75) is 28.9 Å². The van der Waals surface area contributed by atoms with Crippen LogP contribution in [0, 0.1) is 5.92 Å². The Labute approximate surface area is 83.1 Å². The zero-order valence-electron chi connectivity index (χ0n) is 6.84. The molecule has 0 nitrogen and oxygen atoms in total. The predicted octanol–water partition coefficient (Wildman–Crippen LogP) is -0.319. The first-order valence-corrected chi connectivity index (χ1v) is 7.13. The average Bonchev–Trinajstić information content (AvgIpc) is 2.69. The summed E-state index contributed by atoms with van der Waals surface area (Å²) in [4.78, 5) is 1.49. The van der Waals surface area contributed by atoms with E-state index in [1.165, 1.54) is 4.93 Å². The fraction of sp³-hybridized carbons (Fsp3) is 1.00. The van der Waals surface area contributed by atoms with Crippen molar-refractivity contribution in [3.63, 3.8) is 0 Å². The number of hydrogen-bond acceptors (Lipinski definition) is 0. The van der Waals surface area contributed by atoms with Crippen LogP contribution in [-0.2, 0) is 0 Å². The summed E-state index contributed by atoms with van der Waals surface area (Å²) in [7, 11) is 0. The fourth-order valence-electron chi connectivity index (χ4n) is 1.16. The molecule has 0 aliphatic heterocycles. The molecule has 1 unspecified atom stereocenters. The molecule has 80 valence electrons. The van der Waals surface area contributed by atoms with E-state index < -0.39 is 37.2 Å². The van der Waals surface area contributed by atoms with E-state index in [1.807, 2.05) is 0 Å². The molecule has 1 fully saturated rings. The van der Waals surface area contributed by atoms with Gasteiger partial charge in [0.2, 0.25) is 0 Å². The van der Waals surface area contributed by atoms with E-state index >= 15 is 0 Å². The third kappa shape index (κ3) is 2.24. The first-order chi connectivity index (χ1) is 5.80. The van der Waals surface area contributed by atoms with Gasteiger partial charge in [0.05, 0.1) is 0 Å². The summed E-state index contributed by atoms with van der Waals surface area (Å²) in [6.45, 7) is 0. The molecular formula is C7H9F5I-. The molecule has 13 heavy (non-hydrogen) atoms. The Kier molecular flexibility index (Phi) is 3.09. The number of alkyl halides is 7. The van der Waals surface area contributed by atoms with Gasteiger partial charge >= 0.3 is 82.9 Å². The second-order valence-corrected chi connectivity index (χ2v) is 5.67. The molecule has 0 aromatic carbocycles. The molecule has 0 bridgehead atoms. The van der Waals surface area contributed by atoms with E-state index in [1.54, 1.807) is 0 Å². The second kappa shape index (κ2) is 3.51. The Morgan fingerprint density at radius 3 is 1.85 bits per heavy atom. The quantitative estimate of drug-likeness (QED) is 0.381. The van der Waals surface area contributed by atoms with Crippen LogP contribution >= 0.6 is 0 Å². The van der Waals surface area contributed by atoms with Crippen LogP contribution in [-0.4, -0.2) is 21.0 Å². The van der Waals surface area contributed by atoms with Gasteiger partial charge in [-0.25, -0.2) is 0 Å². The first kappa shape index (κ1) is 11.5. The van der Waals surface area contributed by atoms with Crippen LogP contribution in [0.4, 0.5) is 22.0 Å². The van der Waals surface area contributed by atoms with Crippen molar-refractivity contribution in [2.24, 2.45) is 5.92 Å². The van der Waals surface area contributed by atoms with Gasteiger partial charge in [0.15, 0.2) is 0 Å². The summed E-state index contributed by atoms with van der Waals surface area (Å²) in [5.74, 6) is -4.84. The predicted molar refractivity (Wildman–Crippen MR) is 33.4 cm³/mol. The molecule has 0 N–H and O–H groups in total. The molecule has 0 spiro atoms. The molecule has 1 aliphatic rings. The molecule has 1 aliphatic carbocycles. The van der Waals surface area contributed by atoms with Gasteiger partial charge in [-0.15, -0.1) is 0 Å². The minimum atomic E-state index is -5.37. The van der Waals surface area contributed by atoms with Crippen LogP contribution < -0.4 is 21.2 Å². The van der Waals surface area contributed by atoms with Crippen LogP contribution in [0.15, 0.2) is 0 Å². The van der Waals surface area contributed by atoms with Gasteiger partial charge in [-0.2, -0.15) is 0 Å². The Morgan fingerprint density at radius 2 is 1.62 bits per heavy atom. The third-order valence-electron chi connectivity index (χ3n) is 2.00. The van der Waals surface area contributed by atoms with Gasteiger partial charge in [0, 0.05) is 0 Å². The van der Waals surface area contributed by atoms with Crippen LogP contribution in [0.2, 0.25) is 0 Å². The maximum absolute atomic E-state index is 12.8. The van der Waals surface area contributed by atoms with E-state index in [-0.39, 0.29) is 5.92 Å². The molecule has 1 rings (SSSR count). The fourth-order valence-corrected chi connectivity index (χ4v) is 4.03. The van der Waals surface area contributed by atoms with Gasteiger partial charge in [0.1, 0.15) is 0 Å². The molecular weight excluding hydrogens is 306 g/mol. The summed E-state index contributed by atoms with van der Waals surface area (Å²) in [6.07, 6.45) is -4.30. The van der Waals surface area contributed by atoms with Crippen LogP contribution in [0.25, 0.3) is 0 Å². The van der Waals surface area contributed by atoms with Crippen molar-refractivity contribution in [3.8, 4) is 0 Å². The molecule has 0 heterocycles. The monoisotopic (exact) mass is 315 g/mol. The van der Waals surface area contributed by atoms with Gasteiger partial charge in [0.25, 0.3) is 0 Å². The van der Waals surface area contributed by atoms with Crippen molar-refractivity contribution < 1.29 is 43.2 Å². The molecule has 0 radical (unpaired) electrons. The van der Waals surface area contributed by atoms with Crippen LogP contribution in [0.1, 0.15) is 12.8 Å². The van der Waals surface area contributed by atoms with Gasteiger partial charge in [-0.1, -0.05) is 0 Å². The number of hydrogen-bond donors (Lipinski definition) is 0. The molecule has 0 aromatic heterocycles. The Balaban J connectivity index is 2.75. The average molecular weight is 315 g/mol. The van der Waals surface area contributed by atoms with E-state index in [2.05, 4.69) is 0 Å². The summed E-state index contributed by atoms with van der Waals surface area (Å²) in [5.41, 5.74) is 0. The molecule has 0 amide bonds. The normalized spacial score (nSPS) is 22.0. The maximum atomic E-state index is 12.8. The molecule has 0 aromatic rings.